The number of allylic oxidation sites excluding steroid dienone is 3. The fourth-order valence-electron chi connectivity index (χ4n) is 4.19. The third-order valence-electron chi connectivity index (χ3n) is 5.57. The number of phenolic OH excluding ortho intramolecular Hbond substituents is 2. The molecule has 0 radical (unpaired) electrons. The van der Waals surface area contributed by atoms with E-state index in [9.17, 15) is 15.3 Å². The maximum absolute atomic E-state index is 9.83. The molecule has 2 aromatic carbocycles. The van der Waals surface area contributed by atoms with Crippen LogP contribution in [0.2, 0.25) is 0 Å². The molecule has 0 aromatic heterocycles. The molecule has 0 saturated carbocycles. The summed E-state index contributed by atoms with van der Waals surface area (Å²) in [6.45, 7) is 2.68. The van der Waals surface area contributed by atoms with Crippen molar-refractivity contribution < 1.29 is 20.1 Å². The Hall–Kier alpha value is -2.88. The predicted molar refractivity (Wildman–Crippen MR) is 99.8 cm³/mol. The molecule has 4 rings (SSSR count). The van der Waals surface area contributed by atoms with Crippen LogP contribution in [0.5, 0.6) is 17.2 Å². The van der Waals surface area contributed by atoms with E-state index in [2.05, 4.69) is 13.0 Å². The largest absolute Gasteiger partial charge is 0.508 e. The number of rotatable bonds is 2. The first-order valence-electron chi connectivity index (χ1n) is 8.79. The molecule has 0 spiro atoms. The van der Waals surface area contributed by atoms with Crippen LogP contribution in [0.4, 0.5) is 0 Å². The Morgan fingerprint density at radius 1 is 1.00 bits per heavy atom. The fraction of sp³-hybridized carbons (Fsp3) is 0.273. The number of benzene rings is 2. The monoisotopic (exact) mass is 350 g/mol. The molecular weight excluding hydrogens is 328 g/mol. The standard InChI is InChI=1S/C22H22O4/c1-22(10-8-16(24)9-11-22)21-18-7-6-17(25)12-20(18)26-13-19(21)14-2-4-15(23)5-3-14/h2-10,12,19,21,23-25H,11,13H2,1H3/t19-,21-,22?/m0/s1. The molecule has 0 bridgehead atoms. The topological polar surface area (TPSA) is 69.9 Å². The quantitative estimate of drug-likeness (QED) is 0.730. The van der Waals surface area contributed by atoms with Crippen molar-refractivity contribution in [2.24, 2.45) is 5.41 Å². The first kappa shape index (κ1) is 16.6. The van der Waals surface area contributed by atoms with Crippen molar-refractivity contribution in [1.82, 2.24) is 0 Å². The van der Waals surface area contributed by atoms with Crippen LogP contribution in [0.1, 0.15) is 36.3 Å². The average Bonchev–Trinajstić information content (AvgIpc) is 2.64. The lowest BCUT2D eigenvalue weighted by Gasteiger charge is -2.44. The first-order valence-corrected chi connectivity index (χ1v) is 8.79. The molecule has 26 heavy (non-hydrogen) atoms. The Balaban J connectivity index is 1.83. The van der Waals surface area contributed by atoms with Crippen LogP contribution in [0, 0.1) is 5.41 Å². The van der Waals surface area contributed by atoms with Crippen LogP contribution in [0.3, 0.4) is 0 Å². The molecule has 1 aliphatic heterocycles. The Kier molecular flexibility index (Phi) is 3.91. The Labute approximate surface area is 152 Å². The minimum atomic E-state index is -0.204. The highest BCUT2D eigenvalue weighted by atomic mass is 16.5. The molecule has 0 amide bonds. The molecule has 3 atom stereocenters. The van der Waals surface area contributed by atoms with Gasteiger partial charge in [0.1, 0.15) is 23.0 Å². The average molecular weight is 350 g/mol. The number of ether oxygens (including phenoxy) is 1. The fourth-order valence-corrected chi connectivity index (χ4v) is 4.19. The summed E-state index contributed by atoms with van der Waals surface area (Å²) in [7, 11) is 0. The molecule has 2 aromatic rings. The first-order chi connectivity index (χ1) is 12.5. The Morgan fingerprint density at radius 2 is 1.73 bits per heavy atom. The number of aliphatic hydroxyl groups is 1. The van der Waals surface area contributed by atoms with E-state index >= 15 is 0 Å². The van der Waals surface area contributed by atoms with Gasteiger partial charge in [-0.25, -0.2) is 0 Å². The molecule has 4 heteroatoms. The van der Waals surface area contributed by atoms with Crippen molar-refractivity contribution in [1.29, 1.82) is 0 Å². The summed E-state index contributed by atoms with van der Waals surface area (Å²) >= 11 is 0. The number of phenols is 2. The van der Waals surface area contributed by atoms with Gasteiger partial charge in [-0.05, 0) is 53.3 Å². The van der Waals surface area contributed by atoms with E-state index in [4.69, 9.17) is 4.74 Å². The van der Waals surface area contributed by atoms with Crippen molar-refractivity contribution in [3.05, 3.63) is 77.6 Å². The van der Waals surface area contributed by atoms with E-state index < -0.39 is 0 Å². The minimum absolute atomic E-state index is 0.0935. The van der Waals surface area contributed by atoms with Gasteiger partial charge in [-0.15, -0.1) is 0 Å². The van der Waals surface area contributed by atoms with Gasteiger partial charge in [-0.2, -0.15) is 0 Å². The summed E-state index contributed by atoms with van der Waals surface area (Å²) in [6.07, 6.45) is 6.40. The summed E-state index contributed by atoms with van der Waals surface area (Å²) < 4.78 is 5.98. The normalized spacial score (nSPS) is 27.3. The van der Waals surface area contributed by atoms with E-state index in [-0.39, 0.29) is 28.7 Å². The van der Waals surface area contributed by atoms with Gasteiger partial charge in [0, 0.05) is 17.9 Å². The van der Waals surface area contributed by atoms with Gasteiger partial charge in [-0.1, -0.05) is 31.2 Å². The second kappa shape index (κ2) is 6.13. The molecule has 2 aliphatic rings. The molecule has 3 N–H and O–H groups in total. The number of aromatic hydroxyl groups is 2. The van der Waals surface area contributed by atoms with Crippen molar-refractivity contribution in [2.45, 2.75) is 25.2 Å². The highest BCUT2D eigenvalue weighted by Gasteiger charge is 2.43. The zero-order valence-electron chi connectivity index (χ0n) is 14.6. The molecular formula is C22H22O4. The third kappa shape index (κ3) is 2.81. The van der Waals surface area contributed by atoms with Crippen LogP contribution < -0.4 is 4.74 Å². The predicted octanol–water partition coefficient (Wildman–Crippen LogP) is 4.77. The summed E-state index contributed by atoms with van der Waals surface area (Å²) in [5.41, 5.74) is 1.94. The van der Waals surface area contributed by atoms with Crippen molar-refractivity contribution in [3.63, 3.8) is 0 Å². The highest BCUT2D eigenvalue weighted by molar-refractivity contribution is 5.48. The Morgan fingerprint density at radius 3 is 2.42 bits per heavy atom. The van der Waals surface area contributed by atoms with E-state index in [1.165, 1.54) is 0 Å². The van der Waals surface area contributed by atoms with Gasteiger partial charge in [-0.3, -0.25) is 0 Å². The van der Waals surface area contributed by atoms with Crippen molar-refractivity contribution >= 4 is 0 Å². The van der Waals surface area contributed by atoms with Gasteiger partial charge in [0.25, 0.3) is 0 Å². The molecule has 4 nitrogen and oxygen atoms in total. The molecule has 1 unspecified atom stereocenters. The summed E-state index contributed by atoms with van der Waals surface area (Å²) in [4.78, 5) is 0. The van der Waals surface area contributed by atoms with Crippen LogP contribution in [0.15, 0.2) is 66.5 Å². The number of aliphatic hydroxyl groups excluding tert-OH is 1. The maximum Gasteiger partial charge on any atom is 0.126 e. The molecule has 0 fully saturated rings. The summed E-state index contributed by atoms with van der Waals surface area (Å²) in [5, 5.41) is 29.2. The van der Waals surface area contributed by atoms with Crippen LogP contribution in [-0.4, -0.2) is 21.9 Å². The number of fused-ring (bicyclic) bond motifs is 1. The van der Waals surface area contributed by atoms with E-state index in [0.29, 0.717) is 18.1 Å². The Bertz CT molecular complexity index is 882. The van der Waals surface area contributed by atoms with Gasteiger partial charge in [0.15, 0.2) is 0 Å². The second-order valence-corrected chi connectivity index (χ2v) is 7.38. The smallest absolute Gasteiger partial charge is 0.126 e. The van der Waals surface area contributed by atoms with Gasteiger partial charge in [0.05, 0.1) is 6.61 Å². The van der Waals surface area contributed by atoms with Crippen LogP contribution in [0.25, 0.3) is 0 Å². The molecule has 1 heterocycles. The highest BCUT2D eigenvalue weighted by Crippen LogP contribution is 2.55. The van der Waals surface area contributed by atoms with Gasteiger partial charge >= 0.3 is 0 Å². The lowest BCUT2D eigenvalue weighted by molar-refractivity contribution is 0.178. The van der Waals surface area contributed by atoms with Gasteiger partial charge in [0.2, 0.25) is 0 Å². The minimum Gasteiger partial charge on any atom is -0.508 e. The van der Waals surface area contributed by atoms with Crippen LogP contribution >= 0.6 is 0 Å². The number of hydrogen-bond donors (Lipinski definition) is 3. The lowest BCUT2D eigenvalue weighted by atomic mass is 9.62. The van der Waals surface area contributed by atoms with Crippen molar-refractivity contribution in [2.75, 3.05) is 6.61 Å². The maximum atomic E-state index is 9.83. The number of hydrogen-bond acceptors (Lipinski definition) is 4. The molecule has 0 saturated heterocycles. The summed E-state index contributed by atoms with van der Waals surface area (Å²) in [5.74, 6) is 1.63. The zero-order valence-corrected chi connectivity index (χ0v) is 14.6. The lowest BCUT2D eigenvalue weighted by Crippen LogP contribution is -2.35. The van der Waals surface area contributed by atoms with E-state index in [1.54, 1.807) is 30.3 Å². The SMILES string of the molecule is CC1([C@H]2c3ccc(O)cc3OC[C@H]2c2ccc(O)cc2)C=CC(O)=CC1. The molecule has 1 aliphatic carbocycles. The van der Waals surface area contributed by atoms with Crippen molar-refractivity contribution in [3.8, 4) is 17.2 Å². The van der Waals surface area contributed by atoms with Gasteiger partial charge < -0.3 is 20.1 Å². The van der Waals surface area contributed by atoms with Crippen LogP contribution in [-0.2, 0) is 0 Å². The second-order valence-electron chi connectivity index (χ2n) is 7.38. The zero-order chi connectivity index (χ0) is 18.3. The third-order valence-corrected chi connectivity index (χ3v) is 5.57. The van der Waals surface area contributed by atoms with E-state index in [1.807, 2.05) is 24.3 Å². The van der Waals surface area contributed by atoms with E-state index in [0.717, 1.165) is 17.5 Å². The summed E-state index contributed by atoms with van der Waals surface area (Å²) in [6, 6.07) is 12.6. The molecule has 134 valence electrons.